The molecule has 0 fully saturated rings. The lowest BCUT2D eigenvalue weighted by molar-refractivity contribution is 0.286. The van der Waals surface area contributed by atoms with Gasteiger partial charge in [-0.1, -0.05) is 42.5 Å². The highest BCUT2D eigenvalue weighted by Gasteiger charge is 2.19. The van der Waals surface area contributed by atoms with E-state index in [1.807, 2.05) is 30.3 Å². The maximum absolute atomic E-state index is 5.73. The molecule has 0 amide bonds. The Kier molecular flexibility index (Phi) is 2.26. The van der Waals surface area contributed by atoms with Gasteiger partial charge in [-0.2, -0.15) is 0 Å². The van der Waals surface area contributed by atoms with Crippen molar-refractivity contribution in [3.05, 3.63) is 60.2 Å². The number of benzene rings is 2. The SMILES string of the molecule is c1ccc([C@H]2COc3ccccc3N2)cc1. The molecule has 0 bridgehead atoms. The summed E-state index contributed by atoms with van der Waals surface area (Å²) in [5.74, 6) is 0.940. The first-order valence-corrected chi connectivity index (χ1v) is 5.47. The van der Waals surface area contributed by atoms with E-state index in [9.17, 15) is 0 Å². The number of hydrogen-bond donors (Lipinski definition) is 1. The van der Waals surface area contributed by atoms with E-state index in [0.717, 1.165) is 11.4 Å². The highest BCUT2D eigenvalue weighted by atomic mass is 16.5. The van der Waals surface area contributed by atoms with Gasteiger partial charge in [0.05, 0.1) is 11.7 Å². The third kappa shape index (κ3) is 1.63. The van der Waals surface area contributed by atoms with Crippen LogP contribution in [0.25, 0.3) is 0 Å². The van der Waals surface area contributed by atoms with Crippen LogP contribution in [0, 0.1) is 0 Å². The van der Waals surface area contributed by atoms with Crippen molar-refractivity contribution in [2.75, 3.05) is 11.9 Å². The van der Waals surface area contributed by atoms with E-state index in [2.05, 4.69) is 29.6 Å². The minimum Gasteiger partial charge on any atom is -0.489 e. The lowest BCUT2D eigenvalue weighted by atomic mass is 10.1. The maximum Gasteiger partial charge on any atom is 0.142 e. The number of ether oxygens (including phenoxy) is 1. The Morgan fingerprint density at radius 3 is 2.56 bits per heavy atom. The molecular formula is C14H13NO. The van der Waals surface area contributed by atoms with Crippen LogP contribution in [0.4, 0.5) is 5.69 Å². The first kappa shape index (κ1) is 9.28. The van der Waals surface area contributed by atoms with Crippen LogP contribution in [0.3, 0.4) is 0 Å². The molecule has 2 heteroatoms. The van der Waals surface area contributed by atoms with Crippen LogP contribution in [0.15, 0.2) is 54.6 Å². The average molecular weight is 211 g/mol. The van der Waals surface area contributed by atoms with Gasteiger partial charge in [0.1, 0.15) is 12.4 Å². The van der Waals surface area contributed by atoms with Crippen molar-refractivity contribution >= 4 is 5.69 Å². The summed E-state index contributed by atoms with van der Waals surface area (Å²) >= 11 is 0. The van der Waals surface area contributed by atoms with Gasteiger partial charge >= 0.3 is 0 Å². The van der Waals surface area contributed by atoms with E-state index in [1.54, 1.807) is 0 Å². The Balaban J connectivity index is 1.89. The average Bonchev–Trinajstić information content (AvgIpc) is 2.39. The normalized spacial score (nSPS) is 18.1. The monoisotopic (exact) mass is 211 g/mol. The molecule has 1 atom stereocenters. The van der Waals surface area contributed by atoms with Crippen molar-refractivity contribution < 1.29 is 4.74 Å². The van der Waals surface area contributed by atoms with Gasteiger partial charge in [0, 0.05) is 0 Å². The Labute approximate surface area is 94.9 Å². The zero-order valence-electron chi connectivity index (χ0n) is 8.89. The van der Waals surface area contributed by atoms with Gasteiger partial charge in [-0.05, 0) is 17.7 Å². The molecule has 0 saturated heterocycles. The molecule has 0 radical (unpaired) electrons. The van der Waals surface area contributed by atoms with Gasteiger partial charge in [0.2, 0.25) is 0 Å². The van der Waals surface area contributed by atoms with Crippen LogP contribution < -0.4 is 10.1 Å². The fourth-order valence-electron chi connectivity index (χ4n) is 1.98. The highest BCUT2D eigenvalue weighted by Crippen LogP contribution is 2.32. The molecule has 3 rings (SSSR count). The Bertz CT molecular complexity index is 481. The predicted octanol–water partition coefficient (Wildman–Crippen LogP) is 3.23. The first-order chi connectivity index (χ1) is 7.93. The molecule has 1 aliphatic rings. The molecule has 2 aromatic rings. The molecule has 0 aromatic heterocycles. The predicted molar refractivity (Wildman–Crippen MR) is 64.7 cm³/mol. The molecule has 16 heavy (non-hydrogen) atoms. The molecule has 0 spiro atoms. The number of nitrogens with one attached hydrogen (secondary N) is 1. The smallest absolute Gasteiger partial charge is 0.142 e. The minimum absolute atomic E-state index is 0.246. The van der Waals surface area contributed by atoms with Gasteiger partial charge in [-0.15, -0.1) is 0 Å². The Morgan fingerprint density at radius 2 is 1.69 bits per heavy atom. The summed E-state index contributed by atoms with van der Waals surface area (Å²) in [4.78, 5) is 0. The number of para-hydroxylation sites is 2. The van der Waals surface area contributed by atoms with Crippen molar-refractivity contribution in [1.29, 1.82) is 0 Å². The third-order valence-electron chi connectivity index (χ3n) is 2.82. The number of hydrogen-bond acceptors (Lipinski definition) is 2. The quantitative estimate of drug-likeness (QED) is 0.782. The van der Waals surface area contributed by atoms with E-state index in [4.69, 9.17) is 4.74 Å². The van der Waals surface area contributed by atoms with Crippen LogP contribution in [-0.4, -0.2) is 6.61 Å². The summed E-state index contributed by atoms with van der Waals surface area (Å²) in [7, 11) is 0. The van der Waals surface area contributed by atoms with E-state index in [-0.39, 0.29) is 6.04 Å². The maximum atomic E-state index is 5.73. The third-order valence-corrected chi connectivity index (χ3v) is 2.82. The standard InChI is InChI=1S/C14H13NO/c1-2-6-11(7-3-1)13-10-16-14-9-5-4-8-12(14)15-13/h1-9,13,15H,10H2/t13-/m1/s1. The van der Waals surface area contributed by atoms with Crippen LogP contribution in [0.2, 0.25) is 0 Å². The summed E-state index contributed by atoms with van der Waals surface area (Å²) in [5, 5.41) is 3.49. The summed E-state index contributed by atoms with van der Waals surface area (Å²) in [5.41, 5.74) is 2.33. The second kappa shape index (κ2) is 3.89. The van der Waals surface area contributed by atoms with Crippen LogP contribution in [0.5, 0.6) is 5.75 Å². The number of anilines is 1. The van der Waals surface area contributed by atoms with E-state index < -0.39 is 0 Å². The molecule has 2 nitrogen and oxygen atoms in total. The molecule has 0 aliphatic carbocycles. The molecule has 1 aliphatic heterocycles. The van der Waals surface area contributed by atoms with Gasteiger partial charge in [0.25, 0.3) is 0 Å². The Hall–Kier alpha value is -1.96. The second-order valence-electron chi connectivity index (χ2n) is 3.91. The van der Waals surface area contributed by atoms with Crippen molar-refractivity contribution in [3.8, 4) is 5.75 Å². The van der Waals surface area contributed by atoms with Crippen LogP contribution >= 0.6 is 0 Å². The van der Waals surface area contributed by atoms with Gasteiger partial charge in [-0.3, -0.25) is 0 Å². The summed E-state index contributed by atoms with van der Waals surface area (Å²) in [6, 6.07) is 18.7. The van der Waals surface area contributed by atoms with Crippen molar-refractivity contribution in [2.45, 2.75) is 6.04 Å². The molecular weight excluding hydrogens is 198 g/mol. The second-order valence-corrected chi connectivity index (χ2v) is 3.91. The lowest BCUT2D eigenvalue weighted by Gasteiger charge is -2.27. The van der Waals surface area contributed by atoms with E-state index in [1.165, 1.54) is 5.56 Å². The zero-order chi connectivity index (χ0) is 10.8. The van der Waals surface area contributed by atoms with Crippen molar-refractivity contribution in [1.82, 2.24) is 0 Å². The van der Waals surface area contributed by atoms with E-state index >= 15 is 0 Å². The van der Waals surface area contributed by atoms with Crippen LogP contribution in [-0.2, 0) is 0 Å². The number of fused-ring (bicyclic) bond motifs is 1. The molecule has 0 saturated carbocycles. The summed E-state index contributed by atoms with van der Waals surface area (Å²) < 4.78 is 5.73. The molecule has 0 unspecified atom stereocenters. The molecule has 1 N–H and O–H groups in total. The highest BCUT2D eigenvalue weighted by molar-refractivity contribution is 5.59. The Morgan fingerprint density at radius 1 is 0.938 bits per heavy atom. The largest absolute Gasteiger partial charge is 0.489 e. The van der Waals surface area contributed by atoms with Gasteiger partial charge in [-0.25, -0.2) is 0 Å². The van der Waals surface area contributed by atoms with Gasteiger partial charge < -0.3 is 10.1 Å². The summed E-state index contributed by atoms with van der Waals surface area (Å²) in [6.07, 6.45) is 0. The van der Waals surface area contributed by atoms with E-state index in [0.29, 0.717) is 6.61 Å². The fraction of sp³-hybridized carbons (Fsp3) is 0.143. The van der Waals surface area contributed by atoms with Crippen molar-refractivity contribution in [3.63, 3.8) is 0 Å². The zero-order valence-corrected chi connectivity index (χ0v) is 8.89. The van der Waals surface area contributed by atoms with Crippen LogP contribution in [0.1, 0.15) is 11.6 Å². The molecule has 80 valence electrons. The van der Waals surface area contributed by atoms with Crippen molar-refractivity contribution in [2.24, 2.45) is 0 Å². The number of rotatable bonds is 1. The minimum atomic E-state index is 0.246. The molecule has 2 aromatic carbocycles. The topological polar surface area (TPSA) is 21.3 Å². The van der Waals surface area contributed by atoms with Gasteiger partial charge in [0.15, 0.2) is 0 Å². The fourth-order valence-corrected chi connectivity index (χ4v) is 1.98. The summed E-state index contributed by atoms with van der Waals surface area (Å²) in [6.45, 7) is 0.682. The lowest BCUT2D eigenvalue weighted by Crippen LogP contribution is -2.23. The molecule has 1 heterocycles. The first-order valence-electron chi connectivity index (χ1n) is 5.47.